The normalized spacial score (nSPS) is 11.0. The Hall–Kier alpha value is -3.44. The first-order valence-electron chi connectivity index (χ1n) is 10.0. The molecule has 0 atom stereocenters. The minimum absolute atomic E-state index is 0.0774. The Morgan fingerprint density at radius 2 is 1.94 bits per heavy atom. The monoisotopic (exact) mass is 483 g/mol. The first kappa shape index (κ1) is 22.7. The summed E-state index contributed by atoms with van der Waals surface area (Å²) in [5.41, 5.74) is 1.08. The second kappa shape index (κ2) is 9.59. The highest BCUT2D eigenvalue weighted by molar-refractivity contribution is 7.99. The topological polar surface area (TPSA) is 119 Å². The number of aromatic nitrogens is 4. The van der Waals surface area contributed by atoms with Crippen LogP contribution in [0.1, 0.15) is 22.3 Å². The largest absolute Gasteiger partial charge is 0.507 e. The van der Waals surface area contributed by atoms with Crippen LogP contribution in [0.2, 0.25) is 0 Å². The summed E-state index contributed by atoms with van der Waals surface area (Å²) in [5, 5.41) is 24.6. The van der Waals surface area contributed by atoms with E-state index in [0.717, 1.165) is 22.1 Å². The molecule has 170 valence electrons. The van der Waals surface area contributed by atoms with Crippen LogP contribution in [0.3, 0.4) is 0 Å². The number of ether oxygens (including phenoxy) is 1. The van der Waals surface area contributed by atoms with E-state index in [9.17, 15) is 14.7 Å². The molecule has 0 saturated carbocycles. The van der Waals surface area contributed by atoms with Crippen LogP contribution in [0.5, 0.6) is 5.75 Å². The summed E-state index contributed by atoms with van der Waals surface area (Å²) in [7, 11) is 1.30. The fourth-order valence-electron chi connectivity index (χ4n) is 3.30. The Kier molecular flexibility index (Phi) is 6.61. The van der Waals surface area contributed by atoms with E-state index in [1.807, 2.05) is 41.8 Å². The molecule has 0 aliphatic carbocycles. The van der Waals surface area contributed by atoms with Crippen molar-refractivity contribution in [3.63, 3.8) is 0 Å². The Labute approximate surface area is 197 Å². The van der Waals surface area contributed by atoms with Crippen LogP contribution in [0.25, 0.3) is 22.2 Å². The van der Waals surface area contributed by atoms with Crippen LogP contribution in [-0.4, -0.2) is 49.6 Å². The van der Waals surface area contributed by atoms with Crippen molar-refractivity contribution in [1.82, 2.24) is 19.7 Å². The molecule has 0 aliphatic rings. The zero-order valence-electron chi connectivity index (χ0n) is 18.2. The number of nitrogens with one attached hydrogen (secondary N) is 1. The molecule has 33 heavy (non-hydrogen) atoms. The highest BCUT2D eigenvalue weighted by Gasteiger charge is 2.20. The number of thiazole rings is 1. The fourth-order valence-corrected chi connectivity index (χ4v) is 5.01. The zero-order chi connectivity index (χ0) is 23.5. The molecular weight excluding hydrogens is 462 g/mol. The van der Waals surface area contributed by atoms with E-state index >= 15 is 0 Å². The molecular formula is C22H21N5O4S2. The summed E-state index contributed by atoms with van der Waals surface area (Å²) in [5.74, 6) is -0.0486. The van der Waals surface area contributed by atoms with Crippen LogP contribution in [0.15, 0.2) is 41.6 Å². The number of hydrogen-bond acceptors (Lipinski definition) is 9. The predicted octanol–water partition coefficient (Wildman–Crippen LogP) is 4.11. The number of fused-ring (bicyclic) bond motifs is 1. The number of thioether (sulfide) groups is 1. The molecule has 0 bridgehead atoms. The van der Waals surface area contributed by atoms with Gasteiger partial charge in [-0.3, -0.25) is 4.79 Å². The van der Waals surface area contributed by atoms with Crippen LogP contribution in [-0.2, 0) is 16.1 Å². The lowest BCUT2D eigenvalue weighted by Crippen LogP contribution is -2.14. The van der Waals surface area contributed by atoms with Crippen molar-refractivity contribution in [2.75, 3.05) is 18.2 Å². The van der Waals surface area contributed by atoms with Crippen LogP contribution in [0, 0.1) is 6.92 Å². The van der Waals surface area contributed by atoms with Gasteiger partial charge in [0.15, 0.2) is 16.1 Å². The quantitative estimate of drug-likeness (QED) is 0.298. The van der Waals surface area contributed by atoms with E-state index in [1.54, 1.807) is 13.0 Å². The first-order valence-corrected chi connectivity index (χ1v) is 11.8. The average molecular weight is 484 g/mol. The van der Waals surface area contributed by atoms with Crippen molar-refractivity contribution in [3.8, 4) is 17.1 Å². The van der Waals surface area contributed by atoms with Gasteiger partial charge in [0, 0.05) is 6.54 Å². The molecule has 0 aliphatic heterocycles. The Morgan fingerprint density at radius 3 is 2.64 bits per heavy atom. The maximum Gasteiger partial charge on any atom is 0.350 e. The van der Waals surface area contributed by atoms with E-state index in [1.165, 1.54) is 18.9 Å². The van der Waals surface area contributed by atoms with Crippen LogP contribution in [0.4, 0.5) is 5.13 Å². The van der Waals surface area contributed by atoms with Crippen molar-refractivity contribution in [2.24, 2.45) is 0 Å². The summed E-state index contributed by atoms with van der Waals surface area (Å²) in [6, 6.07) is 11.3. The molecule has 2 aromatic carbocycles. The summed E-state index contributed by atoms with van der Waals surface area (Å²) >= 11 is 2.29. The summed E-state index contributed by atoms with van der Waals surface area (Å²) in [6.07, 6.45) is 0. The lowest BCUT2D eigenvalue weighted by atomic mass is 10.1. The van der Waals surface area contributed by atoms with Gasteiger partial charge in [-0.2, -0.15) is 0 Å². The number of methoxy groups -OCH3 is 1. The zero-order valence-corrected chi connectivity index (χ0v) is 19.8. The number of anilines is 1. The summed E-state index contributed by atoms with van der Waals surface area (Å²) < 4.78 is 6.57. The van der Waals surface area contributed by atoms with Gasteiger partial charge in [0.25, 0.3) is 0 Å². The molecule has 0 saturated heterocycles. The number of phenols is 1. The molecule has 1 amide bonds. The van der Waals surface area contributed by atoms with Gasteiger partial charge in [0.1, 0.15) is 10.6 Å². The van der Waals surface area contributed by atoms with Crippen molar-refractivity contribution in [2.45, 2.75) is 25.5 Å². The standard InChI is InChI=1S/C22H21N5O4S2/c1-4-27-19(15-9-13-7-5-6-8-14(13)10-16(15)28)25-26-22(27)32-11-17(29)24-21-23-12(2)18(33-21)20(30)31-3/h5-10,28H,4,11H2,1-3H3,(H,23,24,29). The lowest BCUT2D eigenvalue weighted by Gasteiger charge is -2.10. The van der Waals surface area contributed by atoms with E-state index in [2.05, 4.69) is 20.5 Å². The third-order valence-corrected chi connectivity index (χ3v) is 6.90. The van der Waals surface area contributed by atoms with Crippen molar-refractivity contribution in [1.29, 1.82) is 0 Å². The number of aryl methyl sites for hydroxylation is 1. The maximum atomic E-state index is 12.4. The van der Waals surface area contributed by atoms with Gasteiger partial charge >= 0.3 is 5.97 Å². The third kappa shape index (κ3) is 4.69. The minimum atomic E-state index is -0.486. The molecule has 2 aromatic heterocycles. The number of nitrogens with zero attached hydrogens (tertiary/aromatic N) is 4. The molecule has 0 unspecified atom stereocenters. The smallest absolute Gasteiger partial charge is 0.350 e. The van der Waals surface area contributed by atoms with E-state index < -0.39 is 5.97 Å². The average Bonchev–Trinajstić information content (AvgIpc) is 3.39. The number of hydrogen-bond donors (Lipinski definition) is 2. The first-order chi connectivity index (χ1) is 15.9. The molecule has 4 aromatic rings. The Bertz CT molecular complexity index is 1350. The molecule has 0 radical (unpaired) electrons. The molecule has 2 N–H and O–H groups in total. The summed E-state index contributed by atoms with van der Waals surface area (Å²) in [4.78, 5) is 28.7. The SMILES string of the molecule is CCn1c(SCC(=O)Nc2nc(C)c(C(=O)OC)s2)nnc1-c1cc2ccccc2cc1O. The Morgan fingerprint density at radius 1 is 1.21 bits per heavy atom. The number of amides is 1. The van der Waals surface area contributed by atoms with Gasteiger partial charge in [0.05, 0.1) is 24.1 Å². The number of carbonyl (C=O) groups is 2. The molecule has 11 heteroatoms. The van der Waals surface area contributed by atoms with Gasteiger partial charge in [-0.15, -0.1) is 10.2 Å². The van der Waals surface area contributed by atoms with E-state index in [4.69, 9.17) is 4.74 Å². The minimum Gasteiger partial charge on any atom is -0.507 e. The summed E-state index contributed by atoms with van der Waals surface area (Å²) in [6.45, 7) is 4.19. The number of phenolic OH excluding ortho intramolecular Hbond substituents is 1. The van der Waals surface area contributed by atoms with Gasteiger partial charge in [-0.25, -0.2) is 9.78 Å². The Balaban J connectivity index is 1.50. The number of rotatable bonds is 7. The van der Waals surface area contributed by atoms with Gasteiger partial charge in [-0.1, -0.05) is 47.4 Å². The van der Waals surface area contributed by atoms with Gasteiger partial charge < -0.3 is 19.7 Å². The van der Waals surface area contributed by atoms with Crippen LogP contribution < -0.4 is 5.32 Å². The number of esters is 1. The predicted molar refractivity (Wildman–Crippen MR) is 128 cm³/mol. The highest BCUT2D eigenvalue weighted by Crippen LogP contribution is 2.34. The molecule has 4 rings (SSSR count). The van der Waals surface area contributed by atoms with Gasteiger partial charge in [0.2, 0.25) is 5.91 Å². The molecule has 2 heterocycles. The van der Waals surface area contributed by atoms with Crippen LogP contribution >= 0.6 is 23.1 Å². The van der Waals surface area contributed by atoms with Crippen molar-refractivity contribution in [3.05, 3.63) is 47.0 Å². The van der Waals surface area contributed by atoms with Crippen molar-refractivity contribution < 1.29 is 19.4 Å². The van der Waals surface area contributed by atoms with E-state index in [-0.39, 0.29) is 17.4 Å². The van der Waals surface area contributed by atoms with Crippen molar-refractivity contribution >= 4 is 50.9 Å². The third-order valence-electron chi connectivity index (χ3n) is 4.88. The number of carbonyl (C=O) groups excluding carboxylic acids is 2. The van der Waals surface area contributed by atoms with E-state index in [0.29, 0.717) is 38.8 Å². The molecule has 9 nitrogen and oxygen atoms in total. The fraction of sp³-hybridized carbons (Fsp3) is 0.227. The lowest BCUT2D eigenvalue weighted by molar-refractivity contribution is -0.113. The maximum absolute atomic E-state index is 12.4. The second-order valence-electron chi connectivity index (χ2n) is 7.03. The number of aromatic hydroxyl groups is 1. The molecule has 0 spiro atoms. The second-order valence-corrected chi connectivity index (χ2v) is 8.97. The molecule has 0 fully saturated rings. The highest BCUT2D eigenvalue weighted by atomic mass is 32.2. The van der Waals surface area contributed by atoms with Gasteiger partial charge in [-0.05, 0) is 36.8 Å². The number of benzene rings is 2.